The van der Waals surface area contributed by atoms with Gasteiger partial charge < -0.3 is 4.57 Å². The zero-order valence-electron chi connectivity index (χ0n) is 19.1. The summed E-state index contributed by atoms with van der Waals surface area (Å²) in [5, 5.41) is 23.8. The smallest absolute Gasteiger partial charge is 0.0991 e. The maximum atomic E-state index is 9.73. The molecule has 0 N–H and O–H groups in total. The molecule has 2 heterocycles. The number of rotatable bonds is 2. The van der Waals surface area contributed by atoms with Crippen molar-refractivity contribution in [3.8, 4) is 29.0 Å². The van der Waals surface area contributed by atoms with Crippen molar-refractivity contribution < 1.29 is 0 Å². The van der Waals surface area contributed by atoms with Crippen molar-refractivity contribution in [1.82, 2.24) is 4.57 Å². The largest absolute Gasteiger partial charge is 0.309 e. The predicted molar refractivity (Wildman–Crippen MR) is 149 cm³/mol. The van der Waals surface area contributed by atoms with Gasteiger partial charge in [0.05, 0.1) is 40.0 Å². The van der Waals surface area contributed by atoms with Gasteiger partial charge in [0, 0.05) is 36.5 Å². The van der Waals surface area contributed by atoms with Gasteiger partial charge in [-0.25, -0.2) is 0 Å². The van der Waals surface area contributed by atoms with E-state index in [9.17, 15) is 10.5 Å². The van der Waals surface area contributed by atoms with Crippen molar-refractivity contribution in [2.45, 2.75) is 0 Å². The van der Waals surface area contributed by atoms with Crippen LogP contribution in [0.4, 0.5) is 0 Å². The molecule has 0 unspecified atom stereocenters. The van der Waals surface area contributed by atoms with Crippen LogP contribution in [-0.2, 0) is 0 Å². The third-order valence-corrected chi connectivity index (χ3v) is 8.01. The Bertz CT molecular complexity index is 2080. The molecule has 0 fully saturated rings. The van der Waals surface area contributed by atoms with Crippen LogP contribution in [0.2, 0.25) is 0 Å². The van der Waals surface area contributed by atoms with Crippen molar-refractivity contribution in [3.63, 3.8) is 0 Å². The second-order valence-electron chi connectivity index (χ2n) is 8.85. The zero-order chi connectivity index (χ0) is 24.2. The molecule has 5 aromatic carbocycles. The predicted octanol–water partition coefficient (Wildman–Crippen LogP) is 8.56. The van der Waals surface area contributed by atoms with Crippen molar-refractivity contribution in [1.29, 1.82) is 10.5 Å². The number of aromatic nitrogens is 1. The fourth-order valence-electron chi connectivity index (χ4n) is 5.23. The lowest BCUT2D eigenvalue weighted by atomic mass is 9.99. The number of para-hydroxylation sites is 1. The molecule has 0 aliphatic heterocycles. The number of fused-ring (bicyclic) bond motifs is 6. The summed E-state index contributed by atoms with van der Waals surface area (Å²) in [5.41, 5.74) is 6.43. The Balaban J connectivity index is 1.57. The number of hydrogen-bond acceptors (Lipinski definition) is 3. The first-order valence-corrected chi connectivity index (χ1v) is 12.5. The van der Waals surface area contributed by atoms with Gasteiger partial charge in [0.15, 0.2) is 0 Å². The molecule has 0 bridgehead atoms. The minimum atomic E-state index is 0.622. The number of benzene rings is 5. The molecule has 7 aromatic rings. The highest BCUT2D eigenvalue weighted by molar-refractivity contribution is 7.25. The summed E-state index contributed by atoms with van der Waals surface area (Å²) in [5.74, 6) is 0. The molecule has 0 aliphatic rings. The Labute approximate surface area is 211 Å². The van der Waals surface area contributed by atoms with E-state index in [-0.39, 0.29) is 0 Å². The van der Waals surface area contributed by atoms with E-state index >= 15 is 0 Å². The lowest BCUT2D eigenvalue weighted by Crippen LogP contribution is -1.98. The highest BCUT2D eigenvalue weighted by Crippen LogP contribution is 2.40. The molecular formula is C32H17N3S. The van der Waals surface area contributed by atoms with Crippen molar-refractivity contribution in [2.75, 3.05) is 0 Å². The lowest BCUT2D eigenvalue weighted by molar-refractivity contribution is 1.18. The van der Waals surface area contributed by atoms with E-state index in [1.54, 1.807) is 11.3 Å². The van der Waals surface area contributed by atoms with E-state index in [2.05, 4.69) is 71.3 Å². The number of thiophene rings is 1. The quantitative estimate of drug-likeness (QED) is 0.251. The molecule has 3 nitrogen and oxygen atoms in total. The van der Waals surface area contributed by atoms with Crippen LogP contribution in [0.25, 0.3) is 58.8 Å². The van der Waals surface area contributed by atoms with E-state index < -0.39 is 0 Å². The van der Waals surface area contributed by atoms with Crippen molar-refractivity contribution in [3.05, 3.63) is 114 Å². The maximum Gasteiger partial charge on any atom is 0.0991 e. The molecule has 36 heavy (non-hydrogen) atoms. The van der Waals surface area contributed by atoms with Crippen molar-refractivity contribution in [2.24, 2.45) is 0 Å². The van der Waals surface area contributed by atoms with Crippen molar-refractivity contribution >= 4 is 53.3 Å². The van der Waals surface area contributed by atoms with Crippen LogP contribution < -0.4 is 0 Å². The summed E-state index contributed by atoms with van der Waals surface area (Å²) < 4.78 is 4.77. The molecule has 0 amide bonds. The molecule has 0 aliphatic carbocycles. The van der Waals surface area contributed by atoms with Gasteiger partial charge >= 0.3 is 0 Å². The topological polar surface area (TPSA) is 52.5 Å². The van der Waals surface area contributed by atoms with Gasteiger partial charge in [-0.2, -0.15) is 10.5 Å². The van der Waals surface area contributed by atoms with Crippen LogP contribution in [-0.4, -0.2) is 4.57 Å². The first kappa shape index (κ1) is 20.5. The molecule has 2 aromatic heterocycles. The lowest BCUT2D eigenvalue weighted by Gasteiger charge is -2.15. The Hall–Kier alpha value is -4.90. The molecule has 0 radical (unpaired) electrons. The van der Waals surface area contributed by atoms with E-state index in [1.807, 2.05) is 48.5 Å². The number of nitriles is 2. The molecular weight excluding hydrogens is 458 g/mol. The highest BCUT2D eigenvalue weighted by Gasteiger charge is 2.17. The molecule has 0 saturated carbocycles. The van der Waals surface area contributed by atoms with E-state index in [0.29, 0.717) is 11.1 Å². The number of nitrogens with zero attached hydrogens (tertiary/aromatic N) is 3. The fourth-order valence-corrected chi connectivity index (χ4v) is 6.31. The maximum absolute atomic E-state index is 9.73. The van der Waals surface area contributed by atoms with Gasteiger partial charge in [-0.1, -0.05) is 42.5 Å². The number of hydrogen-bond donors (Lipinski definition) is 0. The van der Waals surface area contributed by atoms with Gasteiger partial charge in [-0.3, -0.25) is 0 Å². The van der Waals surface area contributed by atoms with E-state index in [4.69, 9.17) is 0 Å². The Morgan fingerprint density at radius 1 is 0.556 bits per heavy atom. The van der Waals surface area contributed by atoms with Gasteiger partial charge in [0.1, 0.15) is 0 Å². The molecule has 0 atom stereocenters. The van der Waals surface area contributed by atoms with E-state index in [0.717, 1.165) is 38.6 Å². The Morgan fingerprint density at radius 3 is 2.11 bits per heavy atom. The molecule has 0 spiro atoms. The monoisotopic (exact) mass is 475 g/mol. The van der Waals surface area contributed by atoms with Crippen LogP contribution in [0.3, 0.4) is 0 Å². The summed E-state index contributed by atoms with van der Waals surface area (Å²) >= 11 is 1.80. The van der Waals surface area contributed by atoms with Crippen LogP contribution in [0.15, 0.2) is 103 Å². The minimum Gasteiger partial charge on any atom is -0.309 e. The van der Waals surface area contributed by atoms with E-state index in [1.165, 1.54) is 20.2 Å². The average Bonchev–Trinajstić information content (AvgIpc) is 3.47. The second-order valence-corrected chi connectivity index (χ2v) is 9.93. The second kappa shape index (κ2) is 7.82. The van der Waals surface area contributed by atoms with Gasteiger partial charge in [0.25, 0.3) is 0 Å². The van der Waals surface area contributed by atoms with Crippen LogP contribution >= 0.6 is 11.3 Å². The molecule has 7 rings (SSSR count). The van der Waals surface area contributed by atoms with Gasteiger partial charge in [-0.05, 0) is 66.2 Å². The first-order chi connectivity index (χ1) is 17.7. The summed E-state index contributed by atoms with van der Waals surface area (Å²) in [4.78, 5) is 0. The Kier molecular flexibility index (Phi) is 4.45. The molecule has 4 heteroatoms. The zero-order valence-corrected chi connectivity index (χ0v) is 19.9. The Morgan fingerprint density at radius 2 is 1.25 bits per heavy atom. The molecule has 0 saturated heterocycles. The summed E-state index contributed by atoms with van der Waals surface area (Å²) in [6.07, 6.45) is 0. The van der Waals surface area contributed by atoms with Crippen LogP contribution in [0.1, 0.15) is 11.1 Å². The minimum absolute atomic E-state index is 0.622. The van der Waals surface area contributed by atoms with Gasteiger partial charge in [-0.15, -0.1) is 11.3 Å². The summed E-state index contributed by atoms with van der Waals surface area (Å²) in [6.45, 7) is 0. The normalized spacial score (nSPS) is 11.3. The average molecular weight is 476 g/mol. The van der Waals surface area contributed by atoms with Crippen LogP contribution in [0.5, 0.6) is 0 Å². The third kappa shape index (κ3) is 2.96. The summed E-state index contributed by atoms with van der Waals surface area (Å²) in [6, 6.07) is 39.7. The highest BCUT2D eigenvalue weighted by atomic mass is 32.1. The fraction of sp³-hybridized carbons (Fsp3) is 0. The SMILES string of the molecule is N#Cc1ccc(-n2c3ccccc3c3cc(C#N)ccc32)c(-c2ccc3sc4ccccc4c3c2)c1. The molecule has 166 valence electrons. The third-order valence-electron chi connectivity index (χ3n) is 6.86. The summed E-state index contributed by atoms with van der Waals surface area (Å²) in [7, 11) is 0. The standard InChI is InChI=1S/C32H17N3S/c33-18-20-9-12-29(35-28-7-3-1-5-23(28)26-16-21(19-34)10-13-30(26)35)25(15-20)22-11-14-32-27(17-22)24-6-2-4-8-31(24)36-32/h1-17H. The van der Waals surface area contributed by atoms with Gasteiger partial charge in [0.2, 0.25) is 0 Å². The first-order valence-electron chi connectivity index (χ1n) is 11.6. The van der Waals surface area contributed by atoms with Crippen LogP contribution in [0, 0.1) is 22.7 Å².